The second-order valence-electron chi connectivity index (χ2n) is 8.58. The van der Waals surface area contributed by atoms with Gasteiger partial charge in [-0.2, -0.15) is 0 Å². The number of amides is 2. The number of hydrogen-bond acceptors (Lipinski definition) is 3. The fourth-order valence-corrected chi connectivity index (χ4v) is 4.55. The Morgan fingerprint density at radius 3 is 2.38 bits per heavy atom. The van der Waals surface area contributed by atoms with Gasteiger partial charge in [0.2, 0.25) is 5.91 Å². The number of hydrogen-bond donors (Lipinski definition) is 1. The quantitative estimate of drug-likeness (QED) is 0.867. The highest BCUT2D eigenvalue weighted by Gasteiger charge is 2.54. The van der Waals surface area contributed by atoms with Crippen LogP contribution in [0.5, 0.6) is 0 Å². The number of likely N-dealkylation sites (tertiary alicyclic amines) is 1. The summed E-state index contributed by atoms with van der Waals surface area (Å²) >= 11 is 0. The molecular weight excluding hydrogens is 371 g/mol. The second kappa shape index (κ2) is 6.95. The summed E-state index contributed by atoms with van der Waals surface area (Å²) in [5.41, 5.74) is -0.550. The van der Waals surface area contributed by atoms with Crippen molar-refractivity contribution >= 4 is 17.5 Å². The zero-order valence-corrected chi connectivity index (χ0v) is 16.7. The van der Waals surface area contributed by atoms with Crippen molar-refractivity contribution < 1.29 is 19.1 Å². The molecule has 1 saturated heterocycles. The third-order valence-corrected chi connectivity index (χ3v) is 5.89. The van der Waals surface area contributed by atoms with Crippen LogP contribution in [0, 0.1) is 5.82 Å². The molecule has 0 unspecified atom stereocenters. The molecule has 0 aromatic heterocycles. The molecule has 2 heterocycles. The van der Waals surface area contributed by atoms with Crippen LogP contribution in [0.1, 0.15) is 42.6 Å². The average molecular weight is 396 g/mol. The number of carbonyl (C=O) groups is 2. The van der Waals surface area contributed by atoms with E-state index in [9.17, 15) is 19.1 Å². The van der Waals surface area contributed by atoms with Crippen molar-refractivity contribution in [2.24, 2.45) is 0 Å². The van der Waals surface area contributed by atoms with Crippen molar-refractivity contribution in [3.8, 4) is 0 Å². The zero-order valence-electron chi connectivity index (χ0n) is 16.7. The number of nitrogens with zero attached hydrogens (tertiary/aromatic N) is 2. The minimum Gasteiger partial charge on any atom is -0.389 e. The maximum Gasteiger partial charge on any atom is 0.253 e. The normalized spacial score (nSPS) is 18.3. The van der Waals surface area contributed by atoms with Gasteiger partial charge in [-0.05, 0) is 51.0 Å². The molecule has 2 aliphatic heterocycles. The van der Waals surface area contributed by atoms with Gasteiger partial charge in [0, 0.05) is 24.2 Å². The third-order valence-electron chi connectivity index (χ3n) is 5.89. The summed E-state index contributed by atoms with van der Waals surface area (Å²) in [6.07, 6.45) is 0.724. The fourth-order valence-electron chi connectivity index (χ4n) is 4.55. The van der Waals surface area contributed by atoms with Gasteiger partial charge in [0.15, 0.2) is 0 Å². The maximum absolute atomic E-state index is 14.9. The van der Waals surface area contributed by atoms with E-state index in [-0.39, 0.29) is 18.4 Å². The first-order valence-corrected chi connectivity index (χ1v) is 9.91. The monoisotopic (exact) mass is 396 g/mol. The Balaban J connectivity index is 1.64. The van der Waals surface area contributed by atoms with Gasteiger partial charge in [-0.1, -0.05) is 24.3 Å². The van der Waals surface area contributed by atoms with Gasteiger partial charge in [0.1, 0.15) is 5.82 Å². The zero-order chi connectivity index (χ0) is 20.8. The first-order chi connectivity index (χ1) is 13.7. The van der Waals surface area contributed by atoms with E-state index in [0.29, 0.717) is 42.7 Å². The molecule has 0 aliphatic carbocycles. The molecule has 152 valence electrons. The summed E-state index contributed by atoms with van der Waals surface area (Å²) in [5, 5.41) is 10.3. The van der Waals surface area contributed by atoms with E-state index in [1.54, 1.807) is 43.0 Å². The number of aliphatic hydroxyl groups is 1. The molecule has 0 bridgehead atoms. The number of piperidine rings is 1. The highest BCUT2D eigenvalue weighted by Crippen LogP contribution is 2.49. The van der Waals surface area contributed by atoms with Crippen LogP contribution in [-0.4, -0.2) is 47.1 Å². The standard InChI is InChI=1S/C23H25FN2O3/c1-22(2,29)15-26-18-10-6-9-17(24)19(18)23(21(26)28)11-13-25(14-12-23)20(27)16-7-4-3-5-8-16/h3-10,29H,11-15H2,1-2H3. The van der Waals surface area contributed by atoms with Gasteiger partial charge in [-0.3, -0.25) is 9.59 Å². The van der Waals surface area contributed by atoms with E-state index < -0.39 is 16.8 Å². The maximum atomic E-state index is 14.9. The molecule has 0 radical (unpaired) electrons. The van der Waals surface area contributed by atoms with E-state index in [2.05, 4.69) is 0 Å². The van der Waals surface area contributed by atoms with E-state index >= 15 is 0 Å². The van der Waals surface area contributed by atoms with Crippen molar-refractivity contribution in [1.82, 2.24) is 4.90 Å². The summed E-state index contributed by atoms with van der Waals surface area (Å²) in [6, 6.07) is 13.7. The van der Waals surface area contributed by atoms with Crippen LogP contribution in [-0.2, 0) is 10.2 Å². The van der Waals surface area contributed by atoms with E-state index in [1.165, 1.54) is 11.0 Å². The minimum absolute atomic E-state index is 0.0759. The summed E-state index contributed by atoms with van der Waals surface area (Å²) in [5.74, 6) is -0.670. The fraction of sp³-hybridized carbons (Fsp3) is 0.391. The SMILES string of the molecule is CC(C)(O)CN1C(=O)C2(CCN(C(=O)c3ccccc3)CC2)c2c(F)cccc21. The van der Waals surface area contributed by atoms with Crippen molar-refractivity contribution in [3.05, 3.63) is 65.5 Å². The number of β-amino-alcohol motifs (C(OH)–C–C–N with tert-alkyl or cyclic N) is 1. The molecule has 2 aliphatic rings. The van der Waals surface area contributed by atoms with Crippen LogP contribution in [0.2, 0.25) is 0 Å². The molecule has 4 rings (SSSR count). The van der Waals surface area contributed by atoms with Crippen molar-refractivity contribution in [2.45, 2.75) is 37.7 Å². The highest BCUT2D eigenvalue weighted by molar-refractivity contribution is 6.08. The number of carbonyl (C=O) groups excluding carboxylic acids is 2. The highest BCUT2D eigenvalue weighted by atomic mass is 19.1. The van der Waals surface area contributed by atoms with Crippen LogP contribution in [0.3, 0.4) is 0 Å². The number of halogens is 1. The third kappa shape index (κ3) is 3.31. The Morgan fingerprint density at radius 2 is 1.76 bits per heavy atom. The topological polar surface area (TPSA) is 60.9 Å². The Hall–Kier alpha value is -2.73. The minimum atomic E-state index is -1.10. The molecule has 0 saturated carbocycles. The van der Waals surface area contributed by atoms with Gasteiger partial charge < -0.3 is 14.9 Å². The summed E-state index contributed by atoms with van der Waals surface area (Å²) in [7, 11) is 0. The van der Waals surface area contributed by atoms with Gasteiger partial charge in [-0.15, -0.1) is 0 Å². The van der Waals surface area contributed by atoms with E-state index in [0.717, 1.165) is 0 Å². The molecule has 29 heavy (non-hydrogen) atoms. The second-order valence-corrected chi connectivity index (χ2v) is 8.58. The van der Waals surface area contributed by atoms with Gasteiger partial charge in [-0.25, -0.2) is 4.39 Å². The largest absolute Gasteiger partial charge is 0.389 e. The van der Waals surface area contributed by atoms with Crippen LogP contribution >= 0.6 is 0 Å². The van der Waals surface area contributed by atoms with Crippen LogP contribution < -0.4 is 4.90 Å². The summed E-state index contributed by atoms with van der Waals surface area (Å²) < 4.78 is 14.9. The molecule has 0 atom stereocenters. The predicted molar refractivity (Wildman–Crippen MR) is 108 cm³/mol. The van der Waals surface area contributed by atoms with Crippen molar-refractivity contribution in [1.29, 1.82) is 0 Å². The number of rotatable bonds is 3. The Labute approximate surface area is 169 Å². The smallest absolute Gasteiger partial charge is 0.253 e. The molecule has 2 amide bonds. The molecule has 5 nitrogen and oxygen atoms in total. The molecule has 6 heteroatoms. The van der Waals surface area contributed by atoms with Crippen LogP contribution in [0.4, 0.5) is 10.1 Å². The number of fused-ring (bicyclic) bond motifs is 2. The Bertz CT molecular complexity index is 944. The Kier molecular flexibility index (Phi) is 4.69. The molecule has 1 N–H and O–H groups in total. The molecular formula is C23H25FN2O3. The summed E-state index contributed by atoms with van der Waals surface area (Å²) in [4.78, 5) is 29.5. The summed E-state index contributed by atoms with van der Waals surface area (Å²) in [6.45, 7) is 4.11. The van der Waals surface area contributed by atoms with Gasteiger partial charge >= 0.3 is 0 Å². The molecule has 2 aromatic rings. The lowest BCUT2D eigenvalue weighted by Gasteiger charge is -2.39. The lowest BCUT2D eigenvalue weighted by molar-refractivity contribution is -0.125. The first-order valence-electron chi connectivity index (χ1n) is 9.91. The molecule has 1 fully saturated rings. The number of benzene rings is 2. The average Bonchev–Trinajstić information content (AvgIpc) is 2.91. The van der Waals surface area contributed by atoms with Crippen LogP contribution in [0.15, 0.2) is 48.5 Å². The van der Waals surface area contributed by atoms with Crippen molar-refractivity contribution in [2.75, 3.05) is 24.5 Å². The number of anilines is 1. The molecule has 1 spiro atoms. The van der Waals surface area contributed by atoms with Gasteiger partial charge in [0.25, 0.3) is 5.91 Å². The lowest BCUT2D eigenvalue weighted by Crippen LogP contribution is -2.52. The van der Waals surface area contributed by atoms with Crippen molar-refractivity contribution in [3.63, 3.8) is 0 Å². The van der Waals surface area contributed by atoms with Crippen LogP contribution in [0.25, 0.3) is 0 Å². The lowest BCUT2D eigenvalue weighted by atomic mass is 9.73. The predicted octanol–water partition coefficient (Wildman–Crippen LogP) is 3.12. The first kappa shape index (κ1) is 19.6. The van der Waals surface area contributed by atoms with Gasteiger partial charge in [0.05, 0.1) is 23.2 Å². The molecule has 2 aromatic carbocycles. The van der Waals surface area contributed by atoms with E-state index in [4.69, 9.17) is 0 Å². The Morgan fingerprint density at radius 1 is 1.10 bits per heavy atom. The van der Waals surface area contributed by atoms with E-state index in [1.807, 2.05) is 18.2 Å².